The fraction of sp³-hybridized carbons (Fsp3) is 0.222. The number of aromatic nitrogens is 3. The molecule has 0 unspecified atom stereocenters. The highest BCUT2D eigenvalue weighted by molar-refractivity contribution is 6.04. The molecule has 4 aromatic rings. The molecule has 0 saturated heterocycles. The number of hydrogen-bond acceptors (Lipinski definition) is 8. The molecule has 3 aromatic carbocycles. The molecule has 38 heavy (non-hydrogen) atoms. The van der Waals surface area contributed by atoms with E-state index in [1.54, 1.807) is 48.0 Å². The van der Waals surface area contributed by atoms with E-state index in [0.717, 1.165) is 5.56 Å². The van der Waals surface area contributed by atoms with Crippen LogP contribution in [-0.4, -0.2) is 39.0 Å². The van der Waals surface area contributed by atoms with E-state index in [9.17, 15) is 14.9 Å². The maximum absolute atomic E-state index is 12.7. The van der Waals surface area contributed by atoms with Crippen LogP contribution < -0.4 is 19.5 Å². The van der Waals surface area contributed by atoms with Crippen LogP contribution >= 0.6 is 0 Å². The number of carbonyl (C=O) groups excluding carboxylic acids is 1. The Morgan fingerprint density at radius 1 is 1.11 bits per heavy atom. The molecule has 0 saturated carbocycles. The molecule has 1 N–H and O–H groups in total. The first-order chi connectivity index (χ1) is 18.3. The van der Waals surface area contributed by atoms with Crippen molar-refractivity contribution in [2.24, 2.45) is 5.92 Å². The summed E-state index contributed by atoms with van der Waals surface area (Å²) < 4.78 is 18.4. The van der Waals surface area contributed by atoms with Gasteiger partial charge in [-0.25, -0.2) is 4.68 Å². The third-order valence-corrected chi connectivity index (χ3v) is 5.80. The monoisotopic (exact) mass is 515 g/mol. The third kappa shape index (κ3) is 5.12. The number of aryl methyl sites for hydroxylation is 1. The van der Waals surface area contributed by atoms with E-state index in [2.05, 4.69) is 15.4 Å². The average Bonchev–Trinajstić information content (AvgIpc) is 3.54. The van der Waals surface area contributed by atoms with E-state index in [-0.39, 0.29) is 24.1 Å². The van der Waals surface area contributed by atoms with Crippen LogP contribution in [-0.2, 0) is 0 Å². The summed E-state index contributed by atoms with van der Waals surface area (Å²) in [5.41, 5.74) is 2.54. The van der Waals surface area contributed by atoms with E-state index in [1.807, 2.05) is 32.0 Å². The summed E-state index contributed by atoms with van der Waals surface area (Å²) >= 11 is 0. The van der Waals surface area contributed by atoms with Crippen LogP contribution in [0.5, 0.6) is 17.5 Å². The zero-order valence-electron chi connectivity index (χ0n) is 21.0. The van der Waals surface area contributed by atoms with E-state index in [4.69, 9.17) is 14.2 Å². The Morgan fingerprint density at radius 3 is 2.61 bits per heavy atom. The van der Waals surface area contributed by atoms with Gasteiger partial charge in [0, 0.05) is 28.4 Å². The molecule has 11 nitrogen and oxygen atoms in total. The van der Waals surface area contributed by atoms with E-state index in [0.29, 0.717) is 46.8 Å². The normalized spacial score (nSPS) is 12.0. The molecule has 2 heterocycles. The van der Waals surface area contributed by atoms with Crippen molar-refractivity contribution in [3.63, 3.8) is 0 Å². The van der Waals surface area contributed by atoms with Gasteiger partial charge in [0.1, 0.15) is 0 Å². The molecule has 0 spiro atoms. The summed E-state index contributed by atoms with van der Waals surface area (Å²) in [7, 11) is 0. The highest BCUT2D eigenvalue weighted by atomic mass is 16.7. The van der Waals surface area contributed by atoms with Crippen LogP contribution in [0, 0.1) is 23.0 Å². The van der Waals surface area contributed by atoms with Crippen LogP contribution in [0.25, 0.3) is 17.1 Å². The number of anilines is 1. The predicted octanol–water partition coefficient (Wildman–Crippen LogP) is 5.17. The second-order valence-electron chi connectivity index (χ2n) is 9.16. The topological polar surface area (TPSA) is 131 Å². The first kappa shape index (κ1) is 24.8. The summed E-state index contributed by atoms with van der Waals surface area (Å²) in [5, 5.41) is 18.6. The molecule has 5 rings (SSSR count). The van der Waals surface area contributed by atoms with E-state index in [1.165, 1.54) is 6.07 Å². The number of amides is 1. The Morgan fingerprint density at radius 2 is 1.87 bits per heavy atom. The van der Waals surface area contributed by atoms with Gasteiger partial charge in [-0.2, -0.15) is 4.98 Å². The third-order valence-electron chi connectivity index (χ3n) is 5.80. The maximum Gasteiger partial charge on any atom is 0.336 e. The van der Waals surface area contributed by atoms with Gasteiger partial charge >= 0.3 is 6.01 Å². The molecule has 11 heteroatoms. The van der Waals surface area contributed by atoms with Crippen molar-refractivity contribution >= 4 is 17.3 Å². The summed E-state index contributed by atoms with van der Waals surface area (Å²) in [6.07, 6.45) is 0. The quantitative estimate of drug-likeness (QED) is 0.251. The molecule has 0 radical (unpaired) electrons. The standard InChI is InChI=1S/C27H25N5O6/c1-16(2)14-36-27-29-25(18-6-11-23-24(13-18)38-15-37-23)31(30-27)21-9-7-20(8-10-21)28-26(33)19-5-4-17(3)22(12-19)32(34)35/h4-13,16H,14-15H2,1-3H3,(H,28,33). The van der Waals surface area contributed by atoms with Gasteiger partial charge in [-0.05, 0) is 61.4 Å². The van der Waals surface area contributed by atoms with Gasteiger partial charge in [0.25, 0.3) is 11.6 Å². The Hall–Kier alpha value is -4.93. The zero-order chi connectivity index (χ0) is 26.8. The number of hydrogen-bond donors (Lipinski definition) is 1. The fourth-order valence-corrected chi connectivity index (χ4v) is 3.83. The van der Waals surface area contributed by atoms with Gasteiger partial charge in [-0.1, -0.05) is 19.9 Å². The first-order valence-electron chi connectivity index (χ1n) is 11.9. The van der Waals surface area contributed by atoms with Crippen molar-refractivity contribution in [1.82, 2.24) is 14.8 Å². The Bertz CT molecular complexity index is 1510. The van der Waals surface area contributed by atoms with Crippen molar-refractivity contribution in [2.75, 3.05) is 18.7 Å². The smallest absolute Gasteiger partial charge is 0.336 e. The van der Waals surface area contributed by atoms with Crippen molar-refractivity contribution in [2.45, 2.75) is 20.8 Å². The summed E-state index contributed by atoms with van der Waals surface area (Å²) in [6.45, 7) is 6.33. The number of rotatable bonds is 8. The Kier molecular flexibility index (Phi) is 6.65. The predicted molar refractivity (Wildman–Crippen MR) is 139 cm³/mol. The van der Waals surface area contributed by atoms with Crippen LogP contribution in [0.2, 0.25) is 0 Å². The number of ether oxygens (including phenoxy) is 3. The number of fused-ring (bicyclic) bond motifs is 1. The van der Waals surface area contributed by atoms with Gasteiger partial charge in [0.2, 0.25) is 6.79 Å². The molecule has 0 bridgehead atoms. The van der Waals surface area contributed by atoms with Crippen molar-refractivity contribution in [1.29, 1.82) is 0 Å². The summed E-state index contributed by atoms with van der Waals surface area (Å²) in [5.74, 6) is 1.68. The van der Waals surface area contributed by atoms with Crippen molar-refractivity contribution < 1.29 is 23.9 Å². The lowest BCUT2D eigenvalue weighted by Gasteiger charge is -2.09. The van der Waals surface area contributed by atoms with Crippen molar-refractivity contribution in [3.05, 3.63) is 81.9 Å². The second-order valence-corrected chi connectivity index (χ2v) is 9.16. The van der Waals surface area contributed by atoms with Crippen LogP contribution in [0.3, 0.4) is 0 Å². The molecule has 1 aliphatic heterocycles. The first-order valence-corrected chi connectivity index (χ1v) is 11.9. The molecule has 1 aromatic heterocycles. The molecule has 0 aliphatic carbocycles. The number of benzene rings is 3. The lowest BCUT2D eigenvalue weighted by molar-refractivity contribution is -0.385. The number of nitrogens with one attached hydrogen (secondary N) is 1. The molecular weight excluding hydrogens is 490 g/mol. The van der Waals surface area contributed by atoms with E-state index >= 15 is 0 Å². The average molecular weight is 516 g/mol. The van der Waals surface area contributed by atoms with Crippen LogP contribution in [0.4, 0.5) is 11.4 Å². The molecular formula is C27H25N5O6. The number of nitro benzene ring substituents is 1. The zero-order valence-corrected chi connectivity index (χ0v) is 21.0. The summed E-state index contributed by atoms with van der Waals surface area (Å²) in [6, 6.07) is 17.1. The number of carbonyl (C=O) groups is 1. The Balaban J connectivity index is 1.41. The maximum atomic E-state index is 12.7. The minimum absolute atomic E-state index is 0.106. The minimum atomic E-state index is -0.504. The van der Waals surface area contributed by atoms with Gasteiger partial charge in [0.15, 0.2) is 17.3 Å². The van der Waals surface area contributed by atoms with Gasteiger partial charge < -0.3 is 19.5 Å². The highest BCUT2D eigenvalue weighted by Crippen LogP contribution is 2.36. The number of nitrogens with zero attached hydrogens (tertiary/aromatic N) is 4. The van der Waals surface area contributed by atoms with Crippen LogP contribution in [0.1, 0.15) is 29.8 Å². The lowest BCUT2D eigenvalue weighted by Crippen LogP contribution is -2.12. The molecule has 0 fully saturated rings. The van der Waals surface area contributed by atoms with Crippen molar-refractivity contribution in [3.8, 4) is 34.6 Å². The van der Waals surface area contributed by atoms with Gasteiger partial charge in [-0.3, -0.25) is 14.9 Å². The Labute approximate surface area is 218 Å². The fourth-order valence-electron chi connectivity index (χ4n) is 3.83. The molecule has 0 atom stereocenters. The molecule has 1 aliphatic rings. The molecule has 1 amide bonds. The lowest BCUT2D eigenvalue weighted by atomic mass is 10.1. The minimum Gasteiger partial charge on any atom is -0.462 e. The van der Waals surface area contributed by atoms with Gasteiger partial charge in [-0.15, -0.1) is 5.10 Å². The molecule has 194 valence electrons. The number of nitro groups is 1. The van der Waals surface area contributed by atoms with Crippen LogP contribution in [0.15, 0.2) is 60.7 Å². The van der Waals surface area contributed by atoms with Gasteiger partial charge in [0.05, 0.1) is 17.2 Å². The highest BCUT2D eigenvalue weighted by Gasteiger charge is 2.20. The largest absolute Gasteiger partial charge is 0.462 e. The second kappa shape index (κ2) is 10.2. The van der Waals surface area contributed by atoms with E-state index < -0.39 is 10.8 Å². The summed E-state index contributed by atoms with van der Waals surface area (Å²) in [4.78, 5) is 28.0. The SMILES string of the molecule is Cc1ccc(C(=O)Nc2ccc(-n3nc(OCC(C)C)nc3-c3ccc4c(c3)OCO4)cc2)cc1[N+](=O)[O-].